The third-order valence-electron chi connectivity index (χ3n) is 3.44. The number of halogens is 1. The Bertz CT molecular complexity index is 483. The normalized spacial score (nSPS) is 17.9. The van der Waals surface area contributed by atoms with Gasteiger partial charge in [-0.1, -0.05) is 46.5 Å². The van der Waals surface area contributed by atoms with Crippen LogP contribution in [-0.2, 0) is 0 Å². The Hall–Kier alpha value is -0.950. The maximum absolute atomic E-state index is 12.2. The largest absolute Gasteiger partial charge is 0.345 e. The first-order chi connectivity index (χ1) is 9.06. The van der Waals surface area contributed by atoms with Gasteiger partial charge in [0.25, 0.3) is 5.91 Å². The minimum Gasteiger partial charge on any atom is -0.345 e. The first-order valence-corrected chi connectivity index (χ1v) is 8.13. The predicted molar refractivity (Wildman–Crippen MR) is 78.0 cm³/mol. The van der Waals surface area contributed by atoms with Gasteiger partial charge in [0.15, 0.2) is 0 Å². The van der Waals surface area contributed by atoms with E-state index in [0.29, 0.717) is 4.88 Å². The highest BCUT2D eigenvalue weighted by molar-refractivity contribution is 9.09. The zero-order valence-electron chi connectivity index (χ0n) is 10.4. The van der Waals surface area contributed by atoms with Crippen molar-refractivity contribution in [2.75, 3.05) is 5.33 Å². The lowest BCUT2D eigenvalue weighted by Gasteiger charge is -2.36. The third-order valence-corrected chi connectivity index (χ3v) is 5.55. The first kappa shape index (κ1) is 14.5. The molecule has 1 N–H and O–H groups in total. The van der Waals surface area contributed by atoms with Crippen molar-refractivity contribution >= 4 is 38.2 Å². The molecule has 0 spiro atoms. The Morgan fingerprint density at radius 3 is 2.63 bits per heavy atom. The van der Waals surface area contributed by atoms with E-state index < -0.39 is 4.92 Å². The van der Waals surface area contributed by atoms with Crippen LogP contribution in [0.5, 0.6) is 0 Å². The minimum absolute atomic E-state index is 0.00156. The Morgan fingerprint density at radius 1 is 1.42 bits per heavy atom. The number of carbonyl (C=O) groups excluding carboxylic acids is 1. The van der Waals surface area contributed by atoms with Crippen LogP contribution in [0, 0.1) is 10.1 Å². The zero-order chi connectivity index (χ0) is 13.9. The standard InChI is InChI=1S/C12H15BrN2O3S/c13-8-12(6-2-1-3-7-12)14-11(16)9-4-5-10(19-9)15(17)18/h4-5H,1-3,6-8H2,(H,14,16). The minimum atomic E-state index is -0.470. The van der Waals surface area contributed by atoms with Crippen molar-refractivity contribution in [3.8, 4) is 0 Å². The predicted octanol–water partition coefficient (Wildman–Crippen LogP) is 3.48. The molecule has 1 saturated carbocycles. The van der Waals surface area contributed by atoms with Crippen LogP contribution < -0.4 is 5.32 Å². The molecule has 0 saturated heterocycles. The highest BCUT2D eigenvalue weighted by Crippen LogP contribution is 2.31. The lowest BCUT2D eigenvalue weighted by molar-refractivity contribution is -0.380. The third kappa shape index (κ3) is 3.33. The maximum Gasteiger partial charge on any atom is 0.324 e. The maximum atomic E-state index is 12.2. The summed E-state index contributed by atoms with van der Waals surface area (Å²) in [7, 11) is 0. The molecule has 1 heterocycles. The second kappa shape index (κ2) is 6.00. The van der Waals surface area contributed by atoms with E-state index in [1.165, 1.54) is 18.6 Å². The molecule has 1 aliphatic carbocycles. The van der Waals surface area contributed by atoms with Gasteiger partial charge in [-0.15, -0.1) is 0 Å². The Kier molecular flexibility index (Phi) is 4.57. The van der Waals surface area contributed by atoms with Gasteiger partial charge in [-0.2, -0.15) is 0 Å². The summed E-state index contributed by atoms with van der Waals surface area (Å²) in [5.41, 5.74) is -0.200. The molecule has 0 unspecified atom stereocenters. The first-order valence-electron chi connectivity index (χ1n) is 6.19. The fourth-order valence-corrected chi connectivity index (χ4v) is 3.79. The van der Waals surface area contributed by atoms with Gasteiger partial charge in [-0.05, 0) is 18.9 Å². The summed E-state index contributed by atoms with van der Waals surface area (Å²) in [6.45, 7) is 0. The molecule has 1 aromatic heterocycles. The molecule has 2 rings (SSSR count). The van der Waals surface area contributed by atoms with Gasteiger partial charge >= 0.3 is 5.00 Å². The van der Waals surface area contributed by atoms with Crippen LogP contribution in [0.4, 0.5) is 5.00 Å². The number of amides is 1. The molecule has 1 fully saturated rings. The van der Waals surface area contributed by atoms with Crippen LogP contribution in [0.15, 0.2) is 12.1 Å². The van der Waals surface area contributed by atoms with Crippen molar-refractivity contribution in [1.29, 1.82) is 0 Å². The fourth-order valence-electron chi connectivity index (χ4n) is 2.37. The zero-order valence-corrected chi connectivity index (χ0v) is 12.8. The average Bonchev–Trinajstić information content (AvgIpc) is 2.89. The van der Waals surface area contributed by atoms with E-state index in [9.17, 15) is 14.9 Å². The molecule has 1 amide bonds. The number of carbonyl (C=O) groups is 1. The van der Waals surface area contributed by atoms with Crippen LogP contribution in [0.25, 0.3) is 0 Å². The van der Waals surface area contributed by atoms with Gasteiger partial charge in [0.1, 0.15) is 0 Å². The van der Waals surface area contributed by atoms with E-state index >= 15 is 0 Å². The number of hydrogen-bond donors (Lipinski definition) is 1. The summed E-state index contributed by atoms with van der Waals surface area (Å²) in [4.78, 5) is 22.7. The number of nitro groups is 1. The lowest BCUT2D eigenvalue weighted by Crippen LogP contribution is -2.51. The van der Waals surface area contributed by atoms with Crippen LogP contribution in [0.2, 0.25) is 0 Å². The Labute approximate surface area is 123 Å². The molecule has 5 nitrogen and oxygen atoms in total. The second-order valence-electron chi connectivity index (χ2n) is 4.82. The van der Waals surface area contributed by atoms with Gasteiger partial charge < -0.3 is 5.32 Å². The van der Waals surface area contributed by atoms with Crippen molar-refractivity contribution in [2.45, 2.75) is 37.6 Å². The van der Waals surface area contributed by atoms with Gasteiger partial charge in [-0.3, -0.25) is 14.9 Å². The van der Waals surface area contributed by atoms with Crippen molar-refractivity contribution < 1.29 is 9.72 Å². The molecule has 104 valence electrons. The number of thiophene rings is 1. The quantitative estimate of drug-likeness (QED) is 0.515. The van der Waals surface area contributed by atoms with E-state index in [-0.39, 0.29) is 16.4 Å². The summed E-state index contributed by atoms with van der Waals surface area (Å²) in [5.74, 6) is -0.209. The van der Waals surface area contributed by atoms with Gasteiger partial charge in [0.2, 0.25) is 0 Å². The van der Waals surface area contributed by atoms with Crippen molar-refractivity contribution in [2.24, 2.45) is 0 Å². The molecule has 0 bridgehead atoms. The average molecular weight is 347 g/mol. The van der Waals surface area contributed by atoms with Gasteiger partial charge in [0, 0.05) is 11.4 Å². The number of hydrogen-bond acceptors (Lipinski definition) is 4. The molecular weight excluding hydrogens is 332 g/mol. The monoisotopic (exact) mass is 346 g/mol. The van der Waals surface area contributed by atoms with E-state index in [4.69, 9.17) is 0 Å². The van der Waals surface area contributed by atoms with E-state index in [0.717, 1.165) is 42.4 Å². The molecule has 0 radical (unpaired) electrons. The highest BCUT2D eigenvalue weighted by atomic mass is 79.9. The molecule has 0 aromatic carbocycles. The van der Waals surface area contributed by atoms with E-state index in [2.05, 4.69) is 21.2 Å². The van der Waals surface area contributed by atoms with E-state index in [1.807, 2.05) is 0 Å². The molecule has 19 heavy (non-hydrogen) atoms. The van der Waals surface area contributed by atoms with E-state index in [1.54, 1.807) is 0 Å². The molecule has 0 aliphatic heterocycles. The van der Waals surface area contributed by atoms with Crippen molar-refractivity contribution in [1.82, 2.24) is 5.32 Å². The fraction of sp³-hybridized carbons (Fsp3) is 0.583. The van der Waals surface area contributed by atoms with Gasteiger partial charge in [-0.25, -0.2) is 0 Å². The van der Waals surface area contributed by atoms with Crippen molar-refractivity contribution in [3.63, 3.8) is 0 Å². The Morgan fingerprint density at radius 2 is 2.11 bits per heavy atom. The van der Waals surface area contributed by atoms with Crippen LogP contribution >= 0.6 is 27.3 Å². The molecule has 7 heteroatoms. The van der Waals surface area contributed by atoms with Gasteiger partial charge in [0.05, 0.1) is 15.3 Å². The molecule has 1 aliphatic rings. The summed E-state index contributed by atoms with van der Waals surface area (Å²) in [5, 5.41) is 14.4. The number of rotatable bonds is 4. The topological polar surface area (TPSA) is 72.2 Å². The number of nitrogens with one attached hydrogen (secondary N) is 1. The smallest absolute Gasteiger partial charge is 0.324 e. The Balaban J connectivity index is 2.08. The molecule has 1 aromatic rings. The summed E-state index contributed by atoms with van der Waals surface area (Å²) in [6, 6.07) is 2.89. The summed E-state index contributed by atoms with van der Waals surface area (Å²) in [6.07, 6.45) is 5.33. The number of alkyl halides is 1. The summed E-state index contributed by atoms with van der Waals surface area (Å²) < 4.78 is 0. The van der Waals surface area contributed by atoms with Crippen molar-refractivity contribution in [3.05, 3.63) is 27.1 Å². The SMILES string of the molecule is O=C(NC1(CBr)CCCCC1)c1ccc([N+](=O)[O-])s1. The van der Waals surface area contributed by atoms with Crippen LogP contribution in [0.1, 0.15) is 41.8 Å². The number of nitrogens with zero attached hydrogens (tertiary/aromatic N) is 1. The lowest BCUT2D eigenvalue weighted by atomic mass is 9.83. The van der Waals surface area contributed by atoms with Crippen LogP contribution in [-0.4, -0.2) is 21.7 Å². The highest BCUT2D eigenvalue weighted by Gasteiger charge is 2.33. The second-order valence-corrected chi connectivity index (χ2v) is 6.45. The molecule has 0 atom stereocenters. The summed E-state index contributed by atoms with van der Waals surface area (Å²) >= 11 is 4.40. The molecular formula is C12H15BrN2O3S. The van der Waals surface area contributed by atoms with Crippen LogP contribution in [0.3, 0.4) is 0 Å².